The van der Waals surface area contributed by atoms with E-state index in [9.17, 15) is 9.90 Å². The van der Waals surface area contributed by atoms with Gasteiger partial charge in [-0.1, -0.05) is 0 Å². The van der Waals surface area contributed by atoms with Crippen molar-refractivity contribution in [2.45, 2.75) is 19.3 Å². The minimum absolute atomic E-state index is 0.110. The van der Waals surface area contributed by atoms with E-state index >= 15 is 0 Å². The van der Waals surface area contributed by atoms with E-state index in [1.165, 1.54) is 14.2 Å². The molecule has 0 aromatic rings. The van der Waals surface area contributed by atoms with E-state index in [0.29, 0.717) is 0 Å². The number of esters is 1. The summed E-state index contributed by atoms with van der Waals surface area (Å²) in [5, 5.41) is 9.66. The van der Waals surface area contributed by atoms with Gasteiger partial charge in [-0.25, -0.2) is 0 Å². The summed E-state index contributed by atoms with van der Waals surface area (Å²) in [5.74, 6) is -0.487. The molecule has 1 aliphatic rings. The van der Waals surface area contributed by atoms with Gasteiger partial charge in [-0.05, 0) is 6.92 Å². The number of aliphatic hydroxyl groups excluding tert-OH is 1. The first-order chi connectivity index (χ1) is 6.06. The molecule has 0 amide bonds. The number of carbonyl (C=O) groups is 1. The molecule has 0 radical (unpaired) electrons. The molecule has 0 unspecified atom stereocenters. The van der Waals surface area contributed by atoms with Gasteiger partial charge in [0.15, 0.2) is 6.29 Å². The SMILES string of the molecule is COC(=O)[C@@]1(C)CO[C@@H](OC)[C@@H]1O. The molecule has 1 saturated heterocycles. The van der Waals surface area contributed by atoms with Gasteiger partial charge < -0.3 is 19.3 Å². The predicted molar refractivity (Wildman–Crippen MR) is 42.9 cm³/mol. The number of carbonyl (C=O) groups excluding carboxylic acids is 1. The Labute approximate surface area is 76.6 Å². The summed E-state index contributed by atoms with van der Waals surface area (Å²) in [6.07, 6.45) is -1.73. The molecule has 3 atom stereocenters. The van der Waals surface area contributed by atoms with Crippen molar-refractivity contribution in [1.29, 1.82) is 0 Å². The number of methoxy groups -OCH3 is 2. The van der Waals surface area contributed by atoms with Crippen LogP contribution >= 0.6 is 0 Å². The topological polar surface area (TPSA) is 65.0 Å². The monoisotopic (exact) mass is 190 g/mol. The Bertz CT molecular complexity index is 205. The summed E-state index contributed by atoms with van der Waals surface area (Å²) in [5.41, 5.74) is -1.02. The third kappa shape index (κ3) is 1.54. The highest BCUT2D eigenvalue weighted by Crippen LogP contribution is 2.34. The van der Waals surface area contributed by atoms with Crippen LogP contribution in [0, 0.1) is 5.41 Å². The second-order valence-corrected chi connectivity index (χ2v) is 3.27. The highest BCUT2D eigenvalue weighted by atomic mass is 16.7. The van der Waals surface area contributed by atoms with Crippen LogP contribution in [0.3, 0.4) is 0 Å². The van der Waals surface area contributed by atoms with Crippen molar-refractivity contribution in [1.82, 2.24) is 0 Å². The number of ether oxygens (including phenoxy) is 3. The first-order valence-corrected chi connectivity index (χ1v) is 3.97. The van der Waals surface area contributed by atoms with Crippen molar-refractivity contribution in [2.75, 3.05) is 20.8 Å². The van der Waals surface area contributed by atoms with Crippen molar-refractivity contribution in [3.63, 3.8) is 0 Å². The maximum absolute atomic E-state index is 11.3. The highest BCUT2D eigenvalue weighted by Gasteiger charge is 2.52. The molecular formula is C8H14O5. The first-order valence-electron chi connectivity index (χ1n) is 3.97. The zero-order valence-electron chi connectivity index (χ0n) is 7.94. The molecule has 13 heavy (non-hydrogen) atoms. The van der Waals surface area contributed by atoms with E-state index < -0.39 is 23.8 Å². The lowest BCUT2D eigenvalue weighted by atomic mass is 9.87. The van der Waals surface area contributed by atoms with Gasteiger partial charge in [-0.15, -0.1) is 0 Å². The van der Waals surface area contributed by atoms with Crippen LogP contribution in [-0.4, -0.2) is 44.3 Å². The fraction of sp³-hybridized carbons (Fsp3) is 0.875. The highest BCUT2D eigenvalue weighted by molar-refractivity contribution is 5.77. The van der Waals surface area contributed by atoms with Gasteiger partial charge in [0.05, 0.1) is 13.7 Å². The summed E-state index contributed by atoms with van der Waals surface area (Å²) >= 11 is 0. The molecule has 76 valence electrons. The summed E-state index contributed by atoms with van der Waals surface area (Å²) in [6.45, 7) is 1.70. The normalized spacial score (nSPS) is 39.1. The summed E-state index contributed by atoms with van der Waals surface area (Å²) < 4.78 is 14.5. The molecule has 0 aromatic carbocycles. The summed E-state index contributed by atoms with van der Waals surface area (Å²) in [6, 6.07) is 0. The molecule has 1 fully saturated rings. The predicted octanol–water partition coefficient (Wildman–Crippen LogP) is -0.471. The molecular weight excluding hydrogens is 176 g/mol. The molecule has 1 heterocycles. The second kappa shape index (κ2) is 3.61. The van der Waals surface area contributed by atoms with Gasteiger partial charge in [-0.2, -0.15) is 0 Å². The van der Waals surface area contributed by atoms with Crippen LogP contribution in [0.25, 0.3) is 0 Å². The summed E-state index contributed by atoms with van der Waals surface area (Å²) in [4.78, 5) is 11.3. The minimum Gasteiger partial charge on any atom is -0.468 e. The Kier molecular flexibility index (Phi) is 2.90. The lowest BCUT2D eigenvalue weighted by Crippen LogP contribution is -2.42. The zero-order chi connectivity index (χ0) is 10.1. The van der Waals surface area contributed by atoms with Gasteiger partial charge in [0, 0.05) is 7.11 Å². The van der Waals surface area contributed by atoms with Crippen molar-refractivity contribution in [2.24, 2.45) is 5.41 Å². The molecule has 5 heteroatoms. The van der Waals surface area contributed by atoms with E-state index in [1.54, 1.807) is 6.92 Å². The standard InChI is InChI=1S/C8H14O5/c1-8(7(10)12-3)4-13-6(11-2)5(8)9/h5-6,9H,4H2,1-3H3/t5-,6+,8-/m0/s1. The molecule has 0 bridgehead atoms. The van der Waals surface area contributed by atoms with Gasteiger partial charge >= 0.3 is 5.97 Å². The van der Waals surface area contributed by atoms with Crippen molar-refractivity contribution >= 4 is 5.97 Å². The van der Waals surface area contributed by atoms with Crippen molar-refractivity contribution in [3.8, 4) is 0 Å². The first kappa shape index (κ1) is 10.4. The smallest absolute Gasteiger partial charge is 0.316 e. The molecule has 0 aromatic heterocycles. The molecule has 1 rings (SSSR count). The minimum atomic E-state index is -1.02. The number of hydrogen-bond acceptors (Lipinski definition) is 5. The molecule has 1 N–H and O–H groups in total. The van der Waals surface area contributed by atoms with Crippen LogP contribution in [0.5, 0.6) is 0 Å². The third-order valence-electron chi connectivity index (χ3n) is 2.34. The Morgan fingerprint density at radius 2 is 2.23 bits per heavy atom. The van der Waals surface area contributed by atoms with E-state index in [4.69, 9.17) is 9.47 Å². The van der Waals surface area contributed by atoms with Crippen LogP contribution in [-0.2, 0) is 19.0 Å². The zero-order valence-corrected chi connectivity index (χ0v) is 7.94. The molecule has 0 spiro atoms. The number of hydrogen-bond donors (Lipinski definition) is 1. The van der Waals surface area contributed by atoms with Gasteiger partial charge in [-0.3, -0.25) is 4.79 Å². The number of rotatable bonds is 2. The second-order valence-electron chi connectivity index (χ2n) is 3.27. The van der Waals surface area contributed by atoms with Crippen molar-refractivity contribution in [3.05, 3.63) is 0 Å². The molecule has 0 saturated carbocycles. The Hall–Kier alpha value is -0.650. The van der Waals surface area contributed by atoms with E-state index in [2.05, 4.69) is 4.74 Å². The maximum Gasteiger partial charge on any atom is 0.316 e. The third-order valence-corrected chi connectivity index (χ3v) is 2.34. The van der Waals surface area contributed by atoms with Gasteiger partial charge in [0.2, 0.25) is 0 Å². The lowest BCUT2D eigenvalue weighted by Gasteiger charge is -2.23. The van der Waals surface area contributed by atoms with Crippen LogP contribution < -0.4 is 0 Å². The largest absolute Gasteiger partial charge is 0.468 e. The van der Waals surface area contributed by atoms with E-state index in [0.717, 1.165) is 0 Å². The van der Waals surface area contributed by atoms with Gasteiger partial charge in [0.1, 0.15) is 11.5 Å². The van der Waals surface area contributed by atoms with Crippen LogP contribution in [0.1, 0.15) is 6.92 Å². The average molecular weight is 190 g/mol. The molecule has 5 nitrogen and oxygen atoms in total. The van der Waals surface area contributed by atoms with E-state index in [-0.39, 0.29) is 6.61 Å². The van der Waals surface area contributed by atoms with E-state index in [1.807, 2.05) is 0 Å². The van der Waals surface area contributed by atoms with Crippen LogP contribution in [0.2, 0.25) is 0 Å². The van der Waals surface area contributed by atoms with Gasteiger partial charge in [0.25, 0.3) is 0 Å². The van der Waals surface area contributed by atoms with Crippen LogP contribution in [0.4, 0.5) is 0 Å². The van der Waals surface area contributed by atoms with Crippen LogP contribution in [0.15, 0.2) is 0 Å². The fourth-order valence-corrected chi connectivity index (χ4v) is 1.34. The average Bonchev–Trinajstić information content (AvgIpc) is 2.43. The fourth-order valence-electron chi connectivity index (χ4n) is 1.34. The Balaban J connectivity index is 2.76. The quantitative estimate of drug-likeness (QED) is 0.596. The maximum atomic E-state index is 11.3. The van der Waals surface area contributed by atoms with Crippen molar-refractivity contribution < 1.29 is 24.1 Å². The summed E-state index contributed by atoms with van der Waals surface area (Å²) in [7, 11) is 2.69. The molecule has 1 aliphatic heterocycles. The Morgan fingerprint density at radius 3 is 2.62 bits per heavy atom. The molecule has 0 aliphatic carbocycles. The number of aliphatic hydroxyl groups is 1. The lowest BCUT2D eigenvalue weighted by molar-refractivity contribution is -0.160. The Morgan fingerprint density at radius 1 is 1.62 bits per heavy atom.